The molecule has 0 amide bonds. The molecule has 1 aromatic carbocycles. The third kappa shape index (κ3) is 2.31. The highest BCUT2D eigenvalue weighted by molar-refractivity contribution is 7.80. The summed E-state index contributed by atoms with van der Waals surface area (Å²) in [5.41, 5.74) is 1.81. The lowest BCUT2D eigenvalue weighted by molar-refractivity contribution is 0.346. The third-order valence-electron chi connectivity index (χ3n) is 3.26. The van der Waals surface area contributed by atoms with Crippen LogP contribution in [-0.2, 0) is 0 Å². The summed E-state index contributed by atoms with van der Waals surface area (Å²) in [5.74, 6) is 0. The van der Waals surface area contributed by atoms with E-state index in [0.717, 1.165) is 34.8 Å². The first-order valence-corrected chi connectivity index (χ1v) is 6.64. The number of piperidine rings is 1. The molecule has 18 heavy (non-hydrogen) atoms. The first-order chi connectivity index (χ1) is 8.83. The molecular formula is C13H15N3OS. The fourth-order valence-electron chi connectivity index (χ4n) is 2.24. The minimum absolute atomic E-state index is 0.803. The molecule has 0 aliphatic carbocycles. The fraction of sp³-hybridized carbons (Fsp3) is 0.385. The number of thiocarbonyl (C=S) groups is 1. The second-order valence-electron chi connectivity index (χ2n) is 4.57. The van der Waals surface area contributed by atoms with E-state index in [0.29, 0.717) is 0 Å². The van der Waals surface area contributed by atoms with E-state index in [2.05, 4.69) is 15.4 Å². The monoisotopic (exact) mass is 261 g/mol. The molecule has 0 spiro atoms. The van der Waals surface area contributed by atoms with Crippen LogP contribution in [0.25, 0.3) is 10.9 Å². The van der Waals surface area contributed by atoms with Crippen molar-refractivity contribution in [2.75, 3.05) is 18.4 Å². The molecular weight excluding hydrogens is 246 g/mol. The van der Waals surface area contributed by atoms with Crippen molar-refractivity contribution in [3.8, 4) is 0 Å². The molecule has 1 fully saturated rings. The van der Waals surface area contributed by atoms with Crippen LogP contribution in [-0.4, -0.2) is 28.3 Å². The summed E-state index contributed by atoms with van der Waals surface area (Å²) in [6.45, 7) is 2.11. The minimum atomic E-state index is 0.803. The topological polar surface area (TPSA) is 41.3 Å². The van der Waals surface area contributed by atoms with Gasteiger partial charge in [0.05, 0.1) is 0 Å². The summed E-state index contributed by atoms with van der Waals surface area (Å²) in [7, 11) is 0. The molecule has 1 aliphatic heterocycles. The van der Waals surface area contributed by atoms with Crippen molar-refractivity contribution in [2.24, 2.45) is 0 Å². The molecule has 5 heteroatoms. The van der Waals surface area contributed by atoms with Crippen molar-refractivity contribution in [1.82, 2.24) is 10.1 Å². The fourth-order valence-corrected chi connectivity index (χ4v) is 2.54. The Morgan fingerprint density at radius 1 is 1.28 bits per heavy atom. The number of anilines is 1. The van der Waals surface area contributed by atoms with Gasteiger partial charge in [-0.1, -0.05) is 5.16 Å². The van der Waals surface area contributed by atoms with Crippen molar-refractivity contribution in [3.05, 3.63) is 24.5 Å². The van der Waals surface area contributed by atoms with Gasteiger partial charge < -0.3 is 14.7 Å². The van der Waals surface area contributed by atoms with Crippen LogP contribution in [0.4, 0.5) is 5.69 Å². The highest BCUT2D eigenvalue weighted by Gasteiger charge is 2.13. The van der Waals surface area contributed by atoms with Crippen LogP contribution >= 0.6 is 12.2 Å². The van der Waals surface area contributed by atoms with E-state index in [1.165, 1.54) is 19.3 Å². The van der Waals surface area contributed by atoms with Gasteiger partial charge in [0.2, 0.25) is 0 Å². The van der Waals surface area contributed by atoms with Crippen LogP contribution in [0.3, 0.4) is 0 Å². The minimum Gasteiger partial charge on any atom is -0.364 e. The summed E-state index contributed by atoms with van der Waals surface area (Å²) in [6.07, 6.45) is 5.40. The Labute approximate surface area is 111 Å². The Morgan fingerprint density at radius 3 is 2.94 bits per heavy atom. The Morgan fingerprint density at radius 2 is 2.11 bits per heavy atom. The number of aromatic nitrogens is 1. The van der Waals surface area contributed by atoms with Crippen LogP contribution in [0.5, 0.6) is 0 Å². The number of hydrogen-bond donors (Lipinski definition) is 1. The number of likely N-dealkylation sites (tertiary alicyclic amines) is 1. The number of fused-ring (bicyclic) bond motifs is 1. The summed E-state index contributed by atoms with van der Waals surface area (Å²) >= 11 is 5.43. The van der Waals surface area contributed by atoms with E-state index in [1.54, 1.807) is 6.26 Å². The van der Waals surface area contributed by atoms with Gasteiger partial charge in [0.15, 0.2) is 5.11 Å². The Kier molecular flexibility index (Phi) is 3.15. The number of rotatable bonds is 1. The van der Waals surface area contributed by atoms with Gasteiger partial charge in [-0.15, -0.1) is 0 Å². The maximum atomic E-state index is 5.43. The van der Waals surface area contributed by atoms with Crippen molar-refractivity contribution in [1.29, 1.82) is 0 Å². The smallest absolute Gasteiger partial charge is 0.173 e. The predicted octanol–water partition coefficient (Wildman–Crippen LogP) is 3.01. The summed E-state index contributed by atoms with van der Waals surface area (Å²) in [6, 6.07) is 5.93. The zero-order valence-electron chi connectivity index (χ0n) is 10.1. The normalized spacial score (nSPS) is 15.9. The molecule has 0 saturated carbocycles. The van der Waals surface area contributed by atoms with E-state index >= 15 is 0 Å². The summed E-state index contributed by atoms with van der Waals surface area (Å²) < 4.78 is 4.92. The standard InChI is InChI=1S/C13H15N3OS/c18-13(16-6-2-1-3-7-16)14-11-5-4-10-9-17-15-12(10)8-11/h4-5,8-9H,1-3,6-7H2,(H,14,18). The molecule has 1 N–H and O–H groups in total. The van der Waals surface area contributed by atoms with Gasteiger partial charge in [-0.05, 0) is 49.7 Å². The number of benzene rings is 1. The molecule has 3 rings (SSSR count). The van der Waals surface area contributed by atoms with Crippen LogP contribution in [0.2, 0.25) is 0 Å². The quantitative estimate of drug-likeness (QED) is 0.799. The molecule has 1 aromatic heterocycles. The predicted molar refractivity (Wildman–Crippen MR) is 75.7 cm³/mol. The summed E-state index contributed by atoms with van der Waals surface area (Å²) in [5, 5.41) is 9.00. The average Bonchev–Trinajstić information content (AvgIpc) is 2.87. The van der Waals surface area contributed by atoms with Crippen LogP contribution < -0.4 is 5.32 Å². The second kappa shape index (κ2) is 4.94. The van der Waals surface area contributed by atoms with Gasteiger partial charge in [-0.3, -0.25) is 0 Å². The third-order valence-corrected chi connectivity index (χ3v) is 3.62. The first-order valence-electron chi connectivity index (χ1n) is 6.23. The van der Waals surface area contributed by atoms with Gasteiger partial charge in [-0.25, -0.2) is 0 Å². The number of nitrogens with one attached hydrogen (secondary N) is 1. The maximum absolute atomic E-state index is 5.43. The van der Waals surface area contributed by atoms with E-state index in [-0.39, 0.29) is 0 Å². The lowest BCUT2D eigenvalue weighted by Crippen LogP contribution is -2.38. The SMILES string of the molecule is S=C(Nc1ccc2conc2c1)N1CCCCC1. The summed E-state index contributed by atoms with van der Waals surface area (Å²) in [4.78, 5) is 2.23. The molecule has 0 unspecified atom stereocenters. The zero-order chi connectivity index (χ0) is 12.4. The lowest BCUT2D eigenvalue weighted by Gasteiger charge is -2.29. The molecule has 0 bridgehead atoms. The maximum Gasteiger partial charge on any atom is 0.173 e. The molecule has 4 nitrogen and oxygen atoms in total. The Bertz CT molecular complexity index is 560. The highest BCUT2D eigenvalue weighted by Crippen LogP contribution is 2.18. The second-order valence-corrected chi connectivity index (χ2v) is 4.95. The molecule has 1 aliphatic rings. The molecule has 94 valence electrons. The highest BCUT2D eigenvalue weighted by atomic mass is 32.1. The van der Waals surface area contributed by atoms with Crippen molar-refractivity contribution in [3.63, 3.8) is 0 Å². The number of nitrogens with zero attached hydrogens (tertiary/aromatic N) is 2. The van der Waals surface area contributed by atoms with Gasteiger partial charge in [0.1, 0.15) is 11.8 Å². The van der Waals surface area contributed by atoms with Gasteiger partial charge in [0.25, 0.3) is 0 Å². The van der Waals surface area contributed by atoms with Gasteiger partial charge in [0, 0.05) is 24.2 Å². The van der Waals surface area contributed by atoms with E-state index in [1.807, 2.05) is 18.2 Å². The molecule has 0 radical (unpaired) electrons. The molecule has 1 saturated heterocycles. The van der Waals surface area contributed by atoms with E-state index in [4.69, 9.17) is 16.7 Å². The zero-order valence-corrected chi connectivity index (χ0v) is 10.9. The van der Waals surface area contributed by atoms with E-state index < -0.39 is 0 Å². The molecule has 2 heterocycles. The molecule has 0 atom stereocenters. The van der Waals surface area contributed by atoms with E-state index in [9.17, 15) is 0 Å². The van der Waals surface area contributed by atoms with Crippen LogP contribution in [0.15, 0.2) is 29.0 Å². The molecule has 2 aromatic rings. The largest absolute Gasteiger partial charge is 0.364 e. The van der Waals surface area contributed by atoms with Crippen molar-refractivity contribution in [2.45, 2.75) is 19.3 Å². The van der Waals surface area contributed by atoms with Crippen molar-refractivity contribution >= 4 is 33.9 Å². The van der Waals surface area contributed by atoms with Crippen LogP contribution in [0.1, 0.15) is 19.3 Å². The Balaban J connectivity index is 1.72. The Hall–Kier alpha value is -1.62. The van der Waals surface area contributed by atoms with Gasteiger partial charge >= 0.3 is 0 Å². The first kappa shape index (κ1) is 11.5. The lowest BCUT2D eigenvalue weighted by atomic mass is 10.1. The van der Waals surface area contributed by atoms with Gasteiger partial charge in [-0.2, -0.15) is 0 Å². The van der Waals surface area contributed by atoms with Crippen LogP contribution in [0, 0.1) is 0 Å². The number of hydrogen-bond acceptors (Lipinski definition) is 3. The average molecular weight is 261 g/mol. The van der Waals surface area contributed by atoms with Crippen molar-refractivity contribution < 1.29 is 4.52 Å².